The lowest BCUT2D eigenvalue weighted by Crippen LogP contribution is -2.27. The van der Waals surface area contributed by atoms with Crippen molar-refractivity contribution in [3.05, 3.63) is 12.7 Å². The Balaban J connectivity index is 4.63. The molecule has 0 aliphatic rings. The number of carbonyl (C=O) groups excluding carboxylic acids is 1. The standard InChI is InChI=1S/C11H16O2/c1-5-8-11(4,9-6-2)10(12)13-7-3/h5H,1,7-8H2,2-4H3. The normalized spacial score (nSPS) is 13.5. The second-order valence-electron chi connectivity index (χ2n) is 2.92. The maximum absolute atomic E-state index is 11.5. The highest BCUT2D eigenvalue weighted by Gasteiger charge is 2.31. The fourth-order valence-corrected chi connectivity index (χ4v) is 1.04. The molecule has 2 heteroatoms. The average molecular weight is 180 g/mol. The van der Waals surface area contributed by atoms with Crippen LogP contribution in [0, 0.1) is 17.3 Å². The molecule has 0 spiro atoms. The Bertz CT molecular complexity index is 245. The van der Waals surface area contributed by atoms with Crippen LogP contribution in [0.25, 0.3) is 0 Å². The maximum Gasteiger partial charge on any atom is 0.324 e. The summed E-state index contributed by atoms with van der Waals surface area (Å²) in [5.41, 5.74) is -0.730. The van der Waals surface area contributed by atoms with Gasteiger partial charge >= 0.3 is 5.97 Å². The minimum absolute atomic E-state index is 0.274. The van der Waals surface area contributed by atoms with E-state index >= 15 is 0 Å². The second kappa shape index (κ2) is 5.42. The molecule has 0 aliphatic heterocycles. The largest absolute Gasteiger partial charge is 0.465 e. The molecule has 0 bridgehead atoms. The third-order valence-corrected chi connectivity index (χ3v) is 1.68. The zero-order valence-electron chi connectivity index (χ0n) is 8.52. The van der Waals surface area contributed by atoms with Gasteiger partial charge in [-0.25, -0.2) is 0 Å². The number of hydrogen-bond acceptors (Lipinski definition) is 2. The van der Waals surface area contributed by atoms with Gasteiger partial charge in [-0.15, -0.1) is 12.5 Å². The van der Waals surface area contributed by atoms with Gasteiger partial charge in [0.1, 0.15) is 5.41 Å². The van der Waals surface area contributed by atoms with Gasteiger partial charge in [-0.2, -0.15) is 0 Å². The highest BCUT2D eigenvalue weighted by molar-refractivity contribution is 5.80. The molecule has 1 atom stereocenters. The van der Waals surface area contributed by atoms with E-state index in [1.54, 1.807) is 26.8 Å². The van der Waals surface area contributed by atoms with Crippen LogP contribution in [0.15, 0.2) is 12.7 Å². The van der Waals surface area contributed by atoms with E-state index in [1.807, 2.05) is 0 Å². The lowest BCUT2D eigenvalue weighted by molar-refractivity contribution is -0.150. The first-order valence-electron chi connectivity index (χ1n) is 4.32. The van der Waals surface area contributed by atoms with Crippen molar-refractivity contribution in [1.29, 1.82) is 0 Å². The summed E-state index contributed by atoms with van der Waals surface area (Å²) >= 11 is 0. The fourth-order valence-electron chi connectivity index (χ4n) is 1.04. The molecule has 72 valence electrons. The van der Waals surface area contributed by atoms with Gasteiger partial charge in [0.2, 0.25) is 0 Å². The van der Waals surface area contributed by atoms with E-state index in [9.17, 15) is 4.79 Å². The van der Waals surface area contributed by atoms with Crippen LogP contribution < -0.4 is 0 Å². The predicted octanol–water partition coefficient (Wildman–Crippen LogP) is 2.16. The molecule has 0 aromatic rings. The highest BCUT2D eigenvalue weighted by Crippen LogP contribution is 2.22. The van der Waals surface area contributed by atoms with Gasteiger partial charge in [0.15, 0.2) is 0 Å². The van der Waals surface area contributed by atoms with Crippen molar-refractivity contribution >= 4 is 5.97 Å². The van der Waals surface area contributed by atoms with Crippen molar-refractivity contribution in [2.75, 3.05) is 6.61 Å². The van der Waals surface area contributed by atoms with Crippen LogP contribution in [0.1, 0.15) is 27.2 Å². The van der Waals surface area contributed by atoms with Gasteiger partial charge in [0.05, 0.1) is 6.61 Å². The summed E-state index contributed by atoms with van der Waals surface area (Å²) in [6, 6.07) is 0. The second-order valence-corrected chi connectivity index (χ2v) is 2.92. The Hall–Kier alpha value is -1.23. The van der Waals surface area contributed by atoms with E-state index in [0.29, 0.717) is 13.0 Å². The predicted molar refractivity (Wildman–Crippen MR) is 53.0 cm³/mol. The molecule has 0 heterocycles. The Morgan fingerprint density at radius 2 is 2.31 bits per heavy atom. The molecule has 0 aromatic heterocycles. The number of rotatable bonds is 4. The van der Waals surface area contributed by atoms with Crippen molar-refractivity contribution in [3.63, 3.8) is 0 Å². The first-order valence-corrected chi connectivity index (χ1v) is 4.32. The van der Waals surface area contributed by atoms with Crippen LogP contribution in [0.5, 0.6) is 0 Å². The van der Waals surface area contributed by atoms with Crippen LogP contribution >= 0.6 is 0 Å². The molecule has 0 radical (unpaired) electrons. The Morgan fingerprint density at radius 3 is 2.69 bits per heavy atom. The molecule has 0 saturated carbocycles. The van der Waals surface area contributed by atoms with Gasteiger partial charge in [-0.05, 0) is 27.2 Å². The van der Waals surface area contributed by atoms with Crippen LogP contribution in [-0.4, -0.2) is 12.6 Å². The summed E-state index contributed by atoms with van der Waals surface area (Å²) in [6.45, 7) is 9.24. The minimum atomic E-state index is -0.730. The third-order valence-electron chi connectivity index (χ3n) is 1.68. The van der Waals surface area contributed by atoms with Crippen LogP contribution in [-0.2, 0) is 9.53 Å². The molecule has 0 N–H and O–H groups in total. The van der Waals surface area contributed by atoms with Gasteiger partial charge in [0, 0.05) is 0 Å². The minimum Gasteiger partial charge on any atom is -0.465 e. The molecule has 0 aromatic carbocycles. The van der Waals surface area contributed by atoms with Gasteiger partial charge < -0.3 is 4.74 Å². The molecule has 0 rings (SSSR count). The van der Waals surface area contributed by atoms with E-state index < -0.39 is 5.41 Å². The molecule has 0 aliphatic carbocycles. The van der Waals surface area contributed by atoms with E-state index in [-0.39, 0.29) is 5.97 Å². The van der Waals surface area contributed by atoms with E-state index in [1.165, 1.54) is 0 Å². The Labute approximate surface area is 80.0 Å². The average Bonchev–Trinajstić information content (AvgIpc) is 2.05. The lowest BCUT2D eigenvalue weighted by atomic mass is 9.87. The summed E-state index contributed by atoms with van der Waals surface area (Å²) in [4.78, 5) is 11.5. The summed E-state index contributed by atoms with van der Waals surface area (Å²) in [6.07, 6.45) is 2.20. The summed E-state index contributed by atoms with van der Waals surface area (Å²) < 4.78 is 4.92. The van der Waals surface area contributed by atoms with Gasteiger partial charge in [0.25, 0.3) is 0 Å². The molecule has 1 unspecified atom stereocenters. The summed E-state index contributed by atoms with van der Waals surface area (Å²) in [5, 5.41) is 0. The third kappa shape index (κ3) is 3.33. The van der Waals surface area contributed by atoms with Crippen LogP contribution in [0.4, 0.5) is 0 Å². The Kier molecular flexibility index (Phi) is 4.91. The molecule has 13 heavy (non-hydrogen) atoms. The van der Waals surface area contributed by atoms with Gasteiger partial charge in [-0.1, -0.05) is 12.0 Å². The van der Waals surface area contributed by atoms with Gasteiger partial charge in [-0.3, -0.25) is 4.79 Å². The molecule has 0 saturated heterocycles. The van der Waals surface area contributed by atoms with Crippen molar-refractivity contribution < 1.29 is 9.53 Å². The monoisotopic (exact) mass is 180 g/mol. The van der Waals surface area contributed by atoms with Crippen LogP contribution in [0.2, 0.25) is 0 Å². The van der Waals surface area contributed by atoms with Crippen LogP contribution in [0.3, 0.4) is 0 Å². The first-order chi connectivity index (χ1) is 6.10. The molecule has 0 amide bonds. The number of hydrogen-bond donors (Lipinski definition) is 0. The molecular weight excluding hydrogens is 164 g/mol. The molecule has 2 nitrogen and oxygen atoms in total. The quantitative estimate of drug-likeness (QED) is 0.376. The van der Waals surface area contributed by atoms with Crippen molar-refractivity contribution in [2.24, 2.45) is 5.41 Å². The van der Waals surface area contributed by atoms with E-state index in [0.717, 1.165) is 0 Å². The number of ether oxygens (including phenoxy) is 1. The molecule has 0 fully saturated rings. The summed E-state index contributed by atoms with van der Waals surface area (Å²) in [7, 11) is 0. The Morgan fingerprint density at radius 1 is 1.69 bits per heavy atom. The summed E-state index contributed by atoms with van der Waals surface area (Å²) in [5.74, 6) is 5.31. The van der Waals surface area contributed by atoms with Crippen molar-refractivity contribution in [1.82, 2.24) is 0 Å². The van der Waals surface area contributed by atoms with E-state index in [4.69, 9.17) is 4.74 Å². The lowest BCUT2D eigenvalue weighted by Gasteiger charge is -2.19. The SMILES string of the molecule is C=CCC(C)(C#CC)C(=O)OCC. The zero-order valence-corrected chi connectivity index (χ0v) is 8.52. The number of esters is 1. The number of allylic oxidation sites excluding steroid dienone is 1. The fraction of sp³-hybridized carbons (Fsp3) is 0.545. The smallest absolute Gasteiger partial charge is 0.324 e. The number of carbonyl (C=O) groups is 1. The molecular formula is C11H16O2. The zero-order chi connectivity index (χ0) is 10.3. The highest BCUT2D eigenvalue weighted by atomic mass is 16.5. The first kappa shape index (κ1) is 11.8. The van der Waals surface area contributed by atoms with Crippen molar-refractivity contribution in [2.45, 2.75) is 27.2 Å². The van der Waals surface area contributed by atoms with Crippen molar-refractivity contribution in [3.8, 4) is 11.8 Å². The maximum atomic E-state index is 11.5. The topological polar surface area (TPSA) is 26.3 Å². The van der Waals surface area contributed by atoms with E-state index in [2.05, 4.69) is 18.4 Å².